The minimum Gasteiger partial charge on any atom is -0.486 e. The molecule has 2 atom stereocenters. The summed E-state index contributed by atoms with van der Waals surface area (Å²) in [7, 11) is 0. The first-order valence-electron chi connectivity index (χ1n) is 4.53. The first-order chi connectivity index (χ1) is 6.34. The van der Waals surface area contributed by atoms with Gasteiger partial charge in [-0.05, 0) is 6.07 Å². The topological polar surface area (TPSA) is 21.3 Å². The molecule has 0 amide bonds. The van der Waals surface area contributed by atoms with Crippen molar-refractivity contribution < 1.29 is 9.13 Å². The van der Waals surface area contributed by atoms with Crippen molar-refractivity contribution in [1.29, 1.82) is 0 Å². The molecule has 2 aliphatic heterocycles. The van der Waals surface area contributed by atoms with Crippen LogP contribution in [0.25, 0.3) is 0 Å². The second-order valence-corrected chi connectivity index (χ2v) is 3.59. The highest BCUT2D eigenvalue weighted by Gasteiger charge is 2.35. The van der Waals surface area contributed by atoms with Crippen LogP contribution < -0.4 is 10.1 Å². The highest BCUT2D eigenvalue weighted by Crippen LogP contribution is 2.39. The molecule has 0 radical (unpaired) electrons. The molecule has 1 aromatic rings. The molecule has 3 rings (SSSR count). The fraction of sp³-hybridized carbons (Fsp3) is 0.400. The van der Waals surface area contributed by atoms with Crippen molar-refractivity contribution in [2.24, 2.45) is 0 Å². The first-order valence-corrected chi connectivity index (χ1v) is 4.53. The zero-order valence-corrected chi connectivity index (χ0v) is 7.09. The van der Waals surface area contributed by atoms with E-state index in [1.54, 1.807) is 6.07 Å². The van der Waals surface area contributed by atoms with Crippen molar-refractivity contribution in [1.82, 2.24) is 5.32 Å². The van der Waals surface area contributed by atoms with Gasteiger partial charge in [0.05, 0.1) is 0 Å². The van der Waals surface area contributed by atoms with Crippen LogP contribution in [0.3, 0.4) is 0 Å². The van der Waals surface area contributed by atoms with Gasteiger partial charge in [-0.1, -0.05) is 12.1 Å². The Balaban J connectivity index is 2.16. The van der Waals surface area contributed by atoms with Gasteiger partial charge in [-0.2, -0.15) is 0 Å². The Kier molecular flexibility index (Phi) is 1.38. The number of benzene rings is 1. The minimum atomic E-state index is -0.240. The van der Waals surface area contributed by atoms with Crippen LogP contribution in [-0.4, -0.2) is 12.6 Å². The average molecular weight is 179 g/mol. The maximum atomic E-state index is 13.3. The highest BCUT2D eigenvalue weighted by molar-refractivity contribution is 5.40. The SMILES string of the molecule is Fc1cccc2c1O[C@@H]1CN[C@H]2C1. The number of hydrogen-bond donors (Lipinski definition) is 1. The van der Waals surface area contributed by atoms with Gasteiger partial charge in [0.2, 0.25) is 0 Å². The van der Waals surface area contributed by atoms with Crippen LogP contribution in [0, 0.1) is 5.82 Å². The van der Waals surface area contributed by atoms with Crippen LogP contribution in [0.1, 0.15) is 18.0 Å². The second-order valence-electron chi connectivity index (χ2n) is 3.59. The summed E-state index contributed by atoms with van der Waals surface area (Å²) in [5.74, 6) is 0.213. The molecule has 2 heterocycles. The number of halogens is 1. The van der Waals surface area contributed by atoms with Gasteiger partial charge in [0.25, 0.3) is 0 Å². The summed E-state index contributed by atoms with van der Waals surface area (Å²) in [5, 5.41) is 3.31. The minimum absolute atomic E-state index is 0.161. The van der Waals surface area contributed by atoms with Crippen molar-refractivity contribution in [2.45, 2.75) is 18.6 Å². The average Bonchev–Trinajstić information content (AvgIpc) is 2.51. The zero-order chi connectivity index (χ0) is 8.84. The Labute approximate surface area is 75.7 Å². The monoisotopic (exact) mass is 179 g/mol. The molecule has 1 aromatic carbocycles. The molecular weight excluding hydrogens is 169 g/mol. The number of para-hydroxylation sites is 1. The lowest BCUT2D eigenvalue weighted by molar-refractivity contribution is 0.195. The molecule has 0 aliphatic carbocycles. The van der Waals surface area contributed by atoms with Gasteiger partial charge < -0.3 is 10.1 Å². The van der Waals surface area contributed by atoms with Gasteiger partial charge in [-0.3, -0.25) is 0 Å². The molecule has 0 saturated carbocycles. The van der Waals surface area contributed by atoms with Crippen LogP contribution in [0.2, 0.25) is 0 Å². The number of ether oxygens (including phenoxy) is 1. The smallest absolute Gasteiger partial charge is 0.165 e. The summed E-state index contributed by atoms with van der Waals surface area (Å²) in [6.45, 7) is 0.832. The third-order valence-electron chi connectivity index (χ3n) is 2.75. The van der Waals surface area contributed by atoms with E-state index in [1.165, 1.54) is 6.07 Å². The molecule has 68 valence electrons. The van der Waals surface area contributed by atoms with Gasteiger partial charge in [-0.25, -0.2) is 4.39 Å². The van der Waals surface area contributed by atoms with E-state index in [-0.39, 0.29) is 11.9 Å². The number of nitrogens with one attached hydrogen (secondary N) is 1. The van der Waals surface area contributed by atoms with Crippen molar-refractivity contribution in [3.63, 3.8) is 0 Å². The van der Waals surface area contributed by atoms with E-state index in [0.29, 0.717) is 11.8 Å². The van der Waals surface area contributed by atoms with Crippen molar-refractivity contribution >= 4 is 0 Å². The fourth-order valence-electron chi connectivity index (χ4n) is 2.12. The van der Waals surface area contributed by atoms with Gasteiger partial charge in [0.15, 0.2) is 11.6 Å². The summed E-state index contributed by atoms with van der Waals surface area (Å²) < 4.78 is 18.8. The molecule has 3 heteroatoms. The standard InChI is InChI=1S/C10H10FNO/c11-8-3-1-2-7-9-4-6(5-12-9)13-10(7)8/h1-3,6,9,12H,4-5H2/t6-,9-/m0/s1. The van der Waals surface area contributed by atoms with Crippen LogP contribution >= 0.6 is 0 Å². The lowest BCUT2D eigenvalue weighted by Crippen LogP contribution is -2.20. The second kappa shape index (κ2) is 2.45. The summed E-state index contributed by atoms with van der Waals surface area (Å²) >= 11 is 0. The quantitative estimate of drug-likeness (QED) is 0.653. The molecule has 13 heavy (non-hydrogen) atoms. The zero-order valence-electron chi connectivity index (χ0n) is 7.09. The third-order valence-corrected chi connectivity index (χ3v) is 2.75. The molecule has 2 bridgehead atoms. The molecule has 0 unspecified atom stereocenters. The lowest BCUT2D eigenvalue weighted by atomic mass is 10.0. The normalized spacial score (nSPS) is 29.6. The lowest BCUT2D eigenvalue weighted by Gasteiger charge is -2.23. The summed E-state index contributed by atoms with van der Waals surface area (Å²) in [5.41, 5.74) is 0.966. The summed E-state index contributed by atoms with van der Waals surface area (Å²) in [6.07, 6.45) is 1.13. The number of hydrogen-bond acceptors (Lipinski definition) is 2. The van der Waals surface area contributed by atoms with Crippen molar-refractivity contribution in [3.05, 3.63) is 29.6 Å². The van der Waals surface area contributed by atoms with Crippen LogP contribution in [0.4, 0.5) is 4.39 Å². The molecule has 1 saturated heterocycles. The highest BCUT2D eigenvalue weighted by atomic mass is 19.1. The van der Waals surface area contributed by atoms with E-state index in [0.717, 1.165) is 18.5 Å². The summed E-state index contributed by atoms with van der Waals surface area (Å²) in [4.78, 5) is 0. The predicted octanol–water partition coefficient (Wildman–Crippen LogP) is 1.62. The van der Waals surface area contributed by atoms with E-state index in [9.17, 15) is 4.39 Å². The van der Waals surface area contributed by atoms with Crippen LogP contribution in [0.15, 0.2) is 18.2 Å². The third kappa shape index (κ3) is 0.968. The van der Waals surface area contributed by atoms with Gasteiger partial charge in [0, 0.05) is 24.6 Å². The largest absolute Gasteiger partial charge is 0.486 e. The maximum absolute atomic E-state index is 13.3. The van der Waals surface area contributed by atoms with Crippen LogP contribution in [-0.2, 0) is 0 Å². The number of rotatable bonds is 0. The van der Waals surface area contributed by atoms with E-state index >= 15 is 0 Å². The first kappa shape index (κ1) is 7.33. The van der Waals surface area contributed by atoms with E-state index in [4.69, 9.17) is 4.74 Å². The molecular formula is C10H10FNO. The van der Waals surface area contributed by atoms with Crippen LogP contribution in [0.5, 0.6) is 5.75 Å². The Morgan fingerprint density at radius 1 is 1.46 bits per heavy atom. The summed E-state index contributed by atoms with van der Waals surface area (Å²) in [6, 6.07) is 5.41. The van der Waals surface area contributed by atoms with Gasteiger partial charge in [-0.15, -0.1) is 0 Å². The Morgan fingerprint density at radius 3 is 3.31 bits per heavy atom. The molecule has 0 aromatic heterocycles. The maximum Gasteiger partial charge on any atom is 0.165 e. The molecule has 1 fully saturated rings. The van der Waals surface area contributed by atoms with E-state index in [1.807, 2.05) is 6.07 Å². The molecule has 1 N–H and O–H groups in total. The van der Waals surface area contributed by atoms with Gasteiger partial charge >= 0.3 is 0 Å². The number of fused-ring (bicyclic) bond motifs is 4. The Hall–Kier alpha value is -1.09. The predicted molar refractivity (Wildman–Crippen MR) is 46.2 cm³/mol. The van der Waals surface area contributed by atoms with Crippen molar-refractivity contribution in [2.75, 3.05) is 6.54 Å². The van der Waals surface area contributed by atoms with E-state index < -0.39 is 0 Å². The Bertz CT molecular complexity index is 353. The van der Waals surface area contributed by atoms with E-state index in [2.05, 4.69) is 5.32 Å². The van der Waals surface area contributed by atoms with Gasteiger partial charge in [0.1, 0.15) is 6.10 Å². The molecule has 0 spiro atoms. The van der Waals surface area contributed by atoms with Crippen molar-refractivity contribution in [3.8, 4) is 5.75 Å². The molecule has 2 aliphatic rings. The molecule has 2 nitrogen and oxygen atoms in total. The Morgan fingerprint density at radius 2 is 2.38 bits per heavy atom. The fourth-order valence-corrected chi connectivity index (χ4v) is 2.12.